The zero-order valence-electron chi connectivity index (χ0n) is 15.5. The number of hydrogen-bond acceptors (Lipinski definition) is 5. The maximum atomic E-state index is 11.0. The number of rotatable bonds is 8. The maximum Gasteiger partial charge on any atom is 0.303 e. The second-order valence-corrected chi connectivity index (χ2v) is 7.29. The minimum absolute atomic E-state index is 0.187. The number of aryl methyl sites for hydroxylation is 1. The molecule has 1 fully saturated rings. The molecule has 1 aliphatic heterocycles. The Morgan fingerprint density at radius 1 is 1.36 bits per heavy atom. The molecule has 0 amide bonds. The third-order valence-corrected chi connectivity index (χ3v) is 4.46. The van der Waals surface area contributed by atoms with Gasteiger partial charge in [-0.25, -0.2) is 0 Å². The molecule has 25 heavy (non-hydrogen) atoms. The van der Waals surface area contributed by atoms with Crippen LogP contribution in [0, 0.1) is 5.41 Å². The lowest BCUT2D eigenvalue weighted by molar-refractivity contribution is -0.139. The molecule has 0 radical (unpaired) electrons. The van der Waals surface area contributed by atoms with Crippen molar-refractivity contribution in [2.45, 2.75) is 33.6 Å². The first-order valence-electron chi connectivity index (χ1n) is 8.83. The number of piperazine rings is 1. The van der Waals surface area contributed by atoms with Crippen LogP contribution in [0.25, 0.3) is 6.08 Å². The Labute approximate surface area is 149 Å². The maximum absolute atomic E-state index is 11.0. The van der Waals surface area contributed by atoms with Crippen LogP contribution in [0.1, 0.15) is 38.5 Å². The highest BCUT2D eigenvalue weighted by Crippen LogP contribution is 2.27. The SMILES string of the molecule is C=C/C=C\c1c(N2CCN(CC(C)(C)CC(=O)O)CC2)noc1CC. The fraction of sp³-hybridized carbons (Fsp3) is 0.579. The van der Waals surface area contributed by atoms with Crippen molar-refractivity contribution in [2.24, 2.45) is 5.41 Å². The lowest BCUT2D eigenvalue weighted by Gasteiger charge is -2.38. The smallest absolute Gasteiger partial charge is 0.303 e. The number of allylic oxidation sites excluding steroid dienone is 2. The number of anilines is 1. The molecule has 0 spiro atoms. The zero-order valence-corrected chi connectivity index (χ0v) is 15.5. The number of aliphatic carboxylic acids is 1. The van der Waals surface area contributed by atoms with Crippen molar-refractivity contribution in [3.05, 3.63) is 30.1 Å². The monoisotopic (exact) mass is 347 g/mol. The first-order valence-corrected chi connectivity index (χ1v) is 8.83. The largest absolute Gasteiger partial charge is 0.481 e. The van der Waals surface area contributed by atoms with E-state index in [0.29, 0.717) is 0 Å². The number of carboxylic acids is 1. The number of aromatic nitrogens is 1. The normalized spacial score (nSPS) is 16.5. The molecule has 0 unspecified atom stereocenters. The van der Waals surface area contributed by atoms with E-state index in [1.807, 2.05) is 26.0 Å². The summed E-state index contributed by atoms with van der Waals surface area (Å²) in [5, 5.41) is 13.3. The number of carboxylic acid groups (broad SMARTS) is 1. The fourth-order valence-corrected chi connectivity index (χ4v) is 3.32. The Bertz CT molecular complexity index is 626. The molecule has 2 rings (SSSR count). The van der Waals surface area contributed by atoms with E-state index in [2.05, 4.69) is 28.5 Å². The van der Waals surface area contributed by atoms with Gasteiger partial charge >= 0.3 is 5.97 Å². The Balaban J connectivity index is 2.01. The second-order valence-electron chi connectivity index (χ2n) is 7.29. The summed E-state index contributed by atoms with van der Waals surface area (Å²) in [6.45, 7) is 14.1. The minimum Gasteiger partial charge on any atom is -0.481 e. The second kappa shape index (κ2) is 8.34. The fourth-order valence-electron chi connectivity index (χ4n) is 3.32. The van der Waals surface area contributed by atoms with Crippen molar-refractivity contribution in [1.29, 1.82) is 0 Å². The molecule has 6 nitrogen and oxygen atoms in total. The van der Waals surface area contributed by atoms with Gasteiger partial charge in [-0.15, -0.1) is 0 Å². The van der Waals surface area contributed by atoms with Gasteiger partial charge in [0, 0.05) is 39.1 Å². The van der Waals surface area contributed by atoms with Crippen LogP contribution in [0.4, 0.5) is 5.82 Å². The highest BCUT2D eigenvalue weighted by Gasteiger charge is 2.28. The molecule has 0 atom stereocenters. The lowest BCUT2D eigenvalue weighted by atomic mass is 9.88. The highest BCUT2D eigenvalue weighted by molar-refractivity contribution is 5.67. The number of nitrogens with zero attached hydrogens (tertiary/aromatic N) is 3. The topological polar surface area (TPSA) is 69.8 Å². The first kappa shape index (κ1) is 19.2. The molecular formula is C19H29N3O3. The van der Waals surface area contributed by atoms with Gasteiger partial charge in [0.15, 0.2) is 5.82 Å². The van der Waals surface area contributed by atoms with E-state index < -0.39 is 5.97 Å². The van der Waals surface area contributed by atoms with Crippen LogP contribution in [-0.4, -0.2) is 53.9 Å². The van der Waals surface area contributed by atoms with E-state index in [-0.39, 0.29) is 11.8 Å². The van der Waals surface area contributed by atoms with Crippen molar-refractivity contribution < 1.29 is 14.4 Å². The van der Waals surface area contributed by atoms with Crippen LogP contribution in [0.2, 0.25) is 0 Å². The summed E-state index contributed by atoms with van der Waals surface area (Å²) in [6, 6.07) is 0. The molecule has 1 saturated heterocycles. The van der Waals surface area contributed by atoms with Gasteiger partial charge in [-0.2, -0.15) is 0 Å². The molecule has 0 aromatic carbocycles. The molecule has 0 saturated carbocycles. The van der Waals surface area contributed by atoms with Gasteiger partial charge in [0.2, 0.25) is 0 Å². The predicted octanol–water partition coefficient (Wildman–Crippen LogP) is 3.06. The third kappa shape index (κ3) is 5.19. The van der Waals surface area contributed by atoms with E-state index in [4.69, 9.17) is 9.63 Å². The molecule has 2 heterocycles. The van der Waals surface area contributed by atoms with Crippen molar-refractivity contribution in [3.8, 4) is 0 Å². The molecule has 0 bridgehead atoms. The lowest BCUT2D eigenvalue weighted by Crippen LogP contribution is -2.49. The van der Waals surface area contributed by atoms with E-state index in [0.717, 1.165) is 56.3 Å². The molecule has 1 aromatic rings. The van der Waals surface area contributed by atoms with Crippen LogP contribution in [0.15, 0.2) is 23.3 Å². The summed E-state index contributed by atoms with van der Waals surface area (Å²) < 4.78 is 5.49. The average Bonchev–Trinajstić information content (AvgIpc) is 2.94. The summed E-state index contributed by atoms with van der Waals surface area (Å²) in [5.74, 6) is 1.04. The summed E-state index contributed by atoms with van der Waals surface area (Å²) in [4.78, 5) is 15.6. The molecule has 0 aliphatic carbocycles. The summed E-state index contributed by atoms with van der Waals surface area (Å²) in [7, 11) is 0. The molecular weight excluding hydrogens is 318 g/mol. The van der Waals surface area contributed by atoms with E-state index in [9.17, 15) is 4.79 Å². The molecule has 1 aliphatic rings. The molecule has 1 N–H and O–H groups in total. The summed E-state index contributed by atoms with van der Waals surface area (Å²) >= 11 is 0. The van der Waals surface area contributed by atoms with Crippen LogP contribution < -0.4 is 4.90 Å². The Morgan fingerprint density at radius 2 is 2.04 bits per heavy atom. The summed E-state index contributed by atoms with van der Waals surface area (Å²) in [5.41, 5.74) is 0.803. The van der Waals surface area contributed by atoms with Crippen molar-refractivity contribution in [1.82, 2.24) is 10.1 Å². The van der Waals surface area contributed by atoms with Crippen molar-refractivity contribution in [2.75, 3.05) is 37.6 Å². The van der Waals surface area contributed by atoms with E-state index in [1.165, 1.54) is 0 Å². The number of hydrogen-bond donors (Lipinski definition) is 1. The van der Waals surface area contributed by atoms with E-state index >= 15 is 0 Å². The first-order chi connectivity index (χ1) is 11.9. The van der Waals surface area contributed by atoms with Gasteiger partial charge in [-0.3, -0.25) is 9.69 Å². The van der Waals surface area contributed by atoms with Crippen LogP contribution >= 0.6 is 0 Å². The van der Waals surface area contributed by atoms with Gasteiger partial charge in [-0.1, -0.05) is 44.7 Å². The standard InChI is InChI=1S/C19H29N3O3/c1-5-7-8-15-16(6-2)25-20-18(15)22-11-9-21(10-12-22)14-19(3,4)13-17(23)24/h5,7-8H,1,6,9-14H2,2-4H3,(H,23,24)/b8-7-. The van der Waals surface area contributed by atoms with Gasteiger partial charge in [-0.05, 0) is 11.5 Å². The van der Waals surface area contributed by atoms with Crippen LogP contribution in [-0.2, 0) is 11.2 Å². The predicted molar refractivity (Wildman–Crippen MR) is 99.8 cm³/mol. The van der Waals surface area contributed by atoms with E-state index in [1.54, 1.807) is 6.08 Å². The molecule has 1 aromatic heterocycles. The van der Waals surface area contributed by atoms with Gasteiger partial charge in [0.1, 0.15) is 5.76 Å². The van der Waals surface area contributed by atoms with Gasteiger partial charge < -0.3 is 14.5 Å². The Hall–Kier alpha value is -2.08. The molecule has 138 valence electrons. The Morgan fingerprint density at radius 3 is 2.60 bits per heavy atom. The van der Waals surface area contributed by atoms with Crippen molar-refractivity contribution >= 4 is 17.9 Å². The number of carbonyl (C=O) groups is 1. The van der Waals surface area contributed by atoms with Gasteiger partial charge in [0.05, 0.1) is 12.0 Å². The Kier molecular flexibility index (Phi) is 6.42. The van der Waals surface area contributed by atoms with Crippen LogP contribution in [0.5, 0.6) is 0 Å². The van der Waals surface area contributed by atoms with Crippen molar-refractivity contribution in [3.63, 3.8) is 0 Å². The summed E-state index contributed by atoms with van der Waals surface area (Å²) in [6.07, 6.45) is 6.64. The third-order valence-electron chi connectivity index (χ3n) is 4.46. The van der Waals surface area contributed by atoms with Gasteiger partial charge in [0.25, 0.3) is 0 Å². The highest BCUT2D eigenvalue weighted by atomic mass is 16.5. The van der Waals surface area contributed by atoms with Crippen LogP contribution in [0.3, 0.4) is 0 Å². The quantitative estimate of drug-likeness (QED) is 0.729. The zero-order chi connectivity index (χ0) is 18.4. The molecule has 6 heteroatoms. The average molecular weight is 347 g/mol. The minimum atomic E-state index is -0.739.